The van der Waals surface area contributed by atoms with Crippen molar-refractivity contribution in [1.29, 1.82) is 0 Å². The van der Waals surface area contributed by atoms with Gasteiger partial charge in [0, 0.05) is 5.92 Å². The van der Waals surface area contributed by atoms with Crippen molar-refractivity contribution >= 4 is 11.9 Å². The second-order valence-corrected chi connectivity index (χ2v) is 4.21. The van der Waals surface area contributed by atoms with Gasteiger partial charge in [0.15, 0.2) is 5.41 Å². The molecule has 2 atom stereocenters. The average Bonchev–Trinajstić information content (AvgIpc) is 2.74. The third-order valence-corrected chi connectivity index (χ3v) is 3.07. The maximum Gasteiger partial charge on any atom is 0.324 e. The van der Waals surface area contributed by atoms with Crippen LogP contribution in [0.5, 0.6) is 0 Å². The van der Waals surface area contributed by atoms with Crippen molar-refractivity contribution in [3.05, 3.63) is 0 Å². The minimum Gasteiger partial charge on any atom is -0.468 e. The molecule has 1 aliphatic carbocycles. The van der Waals surface area contributed by atoms with Crippen LogP contribution in [-0.2, 0) is 19.1 Å². The molecule has 1 saturated carbocycles. The van der Waals surface area contributed by atoms with Crippen LogP contribution < -0.4 is 0 Å². The van der Waals surface area contributed by atoms with Gasteiger partial charge in [-0.3, -0.25) is 9.59 Å². The number of carbonyl (C=O) groups excluding carboxylic acids is 2. The molecule has 0 spiro atoms. The zero-order valence-corrected chi connectivity index (χ0v) is 7.92. The van der Waals surface area contributed by atoms with E-state index in [2.05, 4.69) is 4.74 Å². The number of methoxy groups -OCH3 is 1. The number of carbonyl (C=O) groups is 2. The second-order valence-electron chi connectivity index (χ2n) is 4.21. The molecule has 0 amide bonds. The van der Waals surface area contributed by atoms with Crippen molar-refractivity contribution in [2.24, 2.45) is 11.3 Å². The van der Waals surface area contributed by atoms with Crippen LogP contribution >= 0.6 is 0 Å². The van der Waals surface area contributed by atoms with E-state index < -0.39 is 23.0 Å². The predicted molar refractivity (Wildman–Crippen MR) is 42.7 cm³/mol. The van der Waals surface area contributed by atoms with E-state index >= 15 is 0 Å². The van der Waals surface area contributed by atoms with Crippen molar-refractivity contribution in [3.8, 4) is 0 Å². The van der Waals surface area contributed by atoms with E-state index in [4.69, 9.17) is 4.74 Å². The molecule has 72 valence electrons. The van der Waals surface area contributed by atoms with Crippen molar-refractivity contribution in [2.45, 2.75) is 25.9 Å². The fourth-order valence-electron chi connectivity index (χ4n) is 2.22. The van der Waals surface area contributed by atoms with Gasteiger partial charge in [-0.05, 0) is 20.3 Å². The maximum absolute atomic E-state index is 11.4. The van der Waals surface area contributed by atoms with Gasteiger partial charge >= 0.3 is 11.9 Å². The van der Waals surface area contributed by atoms with E-state index in [0.29, 0.717) is 6.42 Å². The molecule has 4 nitrogen and oxygen atoms in total. The molecule has 0 radical (unpaired) electrons. The van der Waals surface area contributed by atoms with Gasteiger partial charge in [-0.15, -0.1) is 0 Å². The van der Waals surface area contributed by atoms with Crippen LogP contribution in [0.1, 0.15) is 20.3 Å². The Balaban J connectivity index is 2.31. The van der Waals surface area contributed by atoms with Gasteiger partial charge in [0.2, 0.25) is 0 Å². The maximum atomic E-state index is 11.4. The third-order valence-electron chi connectivity index (χ3n) is 3.07. The summed E-state index contributed by atoms with van der Waals surface area (Å²) in [6, 6.07) is 0. The molecule has 0 bridgehead atoms. The molecule has 13 heavy (non-hydrogen) atoms. The molecular formula is C9H12O4. The number of hydrogen-bond acceptors (Lipinski definition) is 4. The summed E-state index contributed by atoms with van der Waals surface area (Å²) >= 11 is 0. The highest BCUT2D eigenvalue weighted by atomic mass is 16.6. The Morgan fingerprint density at radius 3 is 2.54 bits per heavy atom. The second kappa shape index (κ2) is 2.05. The van der Waals surface area contributed by atoms with Crippen molar-refractivity contribution < 1.29 is 19.1 Å². The highest BCUT2D eigenvalue weighted by Gasteiger charge is 2.78. The van der Waals surface area contributed by atoms with Crippen LogP contribution in [0.4, 0.5) is 0 Å². The number of esters is 2. The molecule has 0 aromatic rings. The number of cyclic esters (lactones) is 1. The molecular weight excluding hydrogens is 172 g/mol. The molecule has 1 saturated heterocycles. The molecule has 1 aliphatic heterocycles. The van der Waals surface area contributed by atoms with E-state index in [0.717, 1.165) is 0 Å². The summed E-state index contributed by atoms with van der Waals surface area (Å²) in [7, 11) is 1.30. The van der Waals surface area contributed by atoms with E-state index in [-0.39, 0.29) is 5.92 Å². The van der Waals surface area contributed by atoms with Crippen molar-refractivity contribution in [2.75, 3.05) is 7.11 Å². The van der Waals surface area contributed by atoms with E-state index in [1.807, 2.05) is 13.8 Å². The monoisotopic (exact) mass is 184 g/mol. The summed E-state index contributed by atoms with van der Waals surface area (Å²) < 4.78 is 9.70. The Bertz CT molecular complexity index is 294. The van der Waals surface area contributed by atoms with E-state index in [1.165, 1.54) is 7.11 Å². The van der Waals surface area contributed by atoms with Gasteiger partial charge in [0.05, 0.1) is 7.11 Å². The average molecular weight is 184 g/mol. The van der Waals surface area contributed by atoms with Gasteiger partial charge in [-0.25, -0.2) is 0 Å². The summed E-state index contributed by atoms with van der Waals surface area (Å²) in [5.41, 5.74) is -1.47. The Morgan fingerprint density at radius 2 is 2.23 bits per heavy atom. The molecule has 4 heteroatoms. The number of fused-ring (bicyclic) bond motifs is 1. The highest BCUT2D eigenvalue weighted by Crippen LogP contribution is 2.65. The normalized spacial score (nSPS) is 39.3. The van der Waals surface area contributed by atoms with Crippen LogP contribution in [0.25, 0.3) is 0 Å². The van der Waals surface area contributed by atoms with Crippen LogP contribution in [0.2, 0.25) is 0 Å². The minimum atomic E-state index is -0.960. The zero-order valence-electron chi connectivity index (χ0n) is 7.92. The van der Waals surface area contributed by atoms with Gasteiger partial charge in [-0.2, -0.15) is 0 Å². The Kier molecular flexibility index (Phi) is 1.35. The molecule has 2 rings (SSSR count). The summed E-state index contributed by atoms with van der Waals surface area (Å²) in [4.78, 5) is 22.8. The molecule has 2 unspecified atom stereocenters. The Morgan fingerprint density at radius 1 is 1.62 bits per heavy atom. The van der Waals surface area contributed by atoms with Gasteiger partial charge in [0.1, 0.15) is 5.60 Å². The summed E-state index contributed by atoms with van der Waals surface area (Å²) in [5.74, 6) is -0.873. The zero-order chi connectivity index (χ0) is 9.85. The summed E-state index contributed by atoms with van der Waals surface area (Å²) in [6.07, 6.45) is 0.575. The predicted octanol–water partition coefficient (Wildman–Crippen LogP) is 0.501. The van der Waals surface area contributed by atoms with Gasteiger partial charge in [-0.1, -0.05) is 0 Å². The SMILES string of the molecule is COC(=O)C12CC1C(C)(C)OC2=O. The lowest BCUT2D eigenvalue weighted by atomic mass is 9.98. The Labute approximate surface area is 76.2 Å². The summed E-state index contributed by atoms with van der Waals surface area (Å²) in [6.45, 7) is 3.65. The molecule has 1 heterocycles. The van der Waals surface area contributed by atoms with Crippen LogP contribution in [0, 0.1) is 11.3 Å². The lowest BCUT2D eigenvalue weighted by Gasteiger charge is -2.18. The first-order chi connectivity index (χ1) is 5.95. The number of hydrogen-bond donors (Lipinski definition) is 0. The Hall–Kier alpha value is -1.06. The minimum absolute atomic E-state index is 0.0000463. The first-order valence-electron chi connectivity index (χ1n) is 4.27. The molecule has 0 aromatic heterocycles. The standard InChI is InChI=1S/C9H12O4/c1-8(2)5-4-9(5,6(10)12-3)7(11)13-8/h5H,4H2,1-3H3. The fraction of sp³-hybridized carbons (Fsp3) is 0.778. The lowest BCUT2D eigenvalue weighted by molar-refractivity contribution is -0.162. The lowest BCUT2D eigenvalue weighted by Crippen LogP contribution is -2.26. The van der Waals surface area contributed by atoms with E-state index in [9.17, 15) is 9.59 Å². The number of rotatable bonds is 1. The first kappa shape index (κ1) is 8.53. The van der Waals surface area contributed by atoms with E-state index in [1.54, 1.807) is 0 Å². The number of ether oxygens (including phenoxy) is 2. The molecule has 0 aromatic carbocycles. The molecule has 2 aliphatic rings. The van der Waals surface area contributed by atoms with Crippen LogP contribution in [0.15, 0.2) is 0 Å². The third kappa shape index (κ3) is 0.806. The van der Waals surface area contributed by atoms with Gasteiger partial charge in [0.25, 0.3) is 0 Å². The topological polar surface area (TPSA) is 52.6 Å². The fourth-order valence-corrected chi connectivity index (χ4v) is 2.22. The summed E-state index contributed by atoms with van der Waals surface area (Å²) in [5, 5.41) is 0. The molecule has 2 fully saturated rings. The first-order valence-corrected chi connectivity index (χ1v) is 4.27. The molecule has 0 N–H and O–H groups in total. The smallest absolute Gasteiger partial charge is 0.324 e. The van der Waals surface area contributed by atoms with Crippen LogP contribution in [-0.4, -0.2) is 24.6 Å². The van der Waals surface area contributed by atoms with Gasteiger partial charge < -0.3 is 9.47 Å². The highest BCUT2D eigenvalue weighted by molar-refractivity contribution is 6.06. The van der Waals surface area contributed by atoms with Crippen molar-refractivity contribution in [3.63, 3.8) is 0 Å². The largest absolute Gasteiger partial charge is 0.468 e. The van der Waals surface area contributed by atoms with Crippen LogP contribution in [0.3, 0.4) is 0 Å². The van der Waals surface area contributed by atoms with Crippen molar-refractivity contribution in [1.82, 2.24) is 0 Å². The quantitative estimate of drug-likeness (QED) is 0.440.